The fraction of sp³-hybridized carbons (Fsp3) is 0.385. The normalized spacial score (nSPS) is 21.1. The van der Waals surface area contributed by atoms with Crippen LogP contribution >= 0.6 is 11.6 Å². The van der Waals surface area contributed by atoms with Gasteiger partial charge < -0.3 is 19.6 Å². The zero-order valence-electron chi connectivity index (χ0n) is 28.5. The summed E-state index contributed by atoms with van der Waals surface area (Å²) in [5, 5.41) is 21.6. The van der Waals surface area contributed by atoms with Gasteiger partial charge in [-0.05, 0) is 93.4 Å². The van der Waals surface area contributed by atoms with E-state index >= 15 is 4.39 Å². The third-order valence-corrected chi connectivity index (χ3v) is 11.4. The number of carbonyl (C=O) groups excluding carboxylic acids is 1. The number of terminal acetylenes is 1. The summed E-state index contributed by atoms with van der Waals surface area (Å²) < 4.78 is 38.5. The number of halogens is 3. The van der Waals surface area contributed by atoms with E-state index in [-0.39, 0.29) is 73.6 Å². The first-order valence-corrected chi connectivity index (χ1v) is 17.4. The second-order valence-electron chi connectivity index (χ2n) is 14.1. The number of hydrogen-bond donors (Lipinski definition) is 1. The van der Waals surface area contributed by atoms with E-state index in [1.54, 1.807) is 16.8 Å². The minimum Gasteiger partial charge on any atom is -0.508 e. The predicted molar refractivity (Wildman–Crippen MR) is 193 cm³/mol. The van der Waals surface area contributed by atoms with Crippen molar-refractivity contribution < 1.29 is 23.4 Å². The maximum absolute atomic E-state index is 17.2. The largest absolute Gasteiger partial charge is 0.508 e. The third-order valence-electron chi connectivity index (χ3n) is 11.1. The van der Waals surface area contributed by atoms with Crippen molar-refractivity contribution in [3.63, 3.8) is 0 Å². The van der Waals surface area contributed by atoms with Crippen molar-refractivity contribution in [3.05, 3.63) is 65.2 Å². The number of likely N-dealkylation sites (N-methyl/N-ethyl adjacent to an activating group) is 1. The van der Waals surface area contributed by atoms with Gasteiger partial charge in [-0.1, -0.05) is 30.2 Å². The molecule has 3 aromatic carbocycles. The van der Waals surface area contributed by atoms with Crippen LogP contribution in [-0.4, -0.2) is 82.2 Å². The van der Waals surface area contributed by atoms with Crippen LogP contribution < -0.4 is 9.64 Å². The zero-order valence-corrected chi connectivity index (χ0v) is 29.2. The number of nitrogens with zero attached hydrogens (tertiary/aromatic N) is 6. The van der Waals surface area contributed by atoms with Crippen molar-refractivity contribution in [2.24, 2.45) is 5.41 Å². The second kappa shape index (κ2) is 13.0. The van der Waals surface area contributed by atoms with Gasteiger partial charge in [-0.2, -0.15) is 15.2 Å². The van der Waals surface area contributed by atoms with E-state index < -0.39 is 23.1 Å². The molecule has 1 aromatic heterocycles. The zero-order chi connectivity index (χ0) is 36.2. The van der Waals surface area contributed by atoms with Gasteiger partial charge in [0.25, 0.3) is 0 Å². The van der Waals surface area contributed by atoms with Gasteiger partial charge in [0, 0.05) is 36.5 Å². The molecule has 4 heterocycles. The Kier molecular flexibility index (Phi) is 8.77. The molecule has 7 rings (SSSR count). The molecule has 0 saturated carbocycles. The van der Waals surface area contributed by atoms with Crippen LogP contribution in [0.1, 0.15) is 44.6 Å². The monoisotopic (exact) mass is 710 g/mol. The third kappa shape index (κ3) is 5.69. The standard InChI is InChI=1S/C39H37ClF2N6O3/c1-5-25-29(41)10-9-23-17-24(49)18-26(32(23)25)33-28(40)19-27-35(34(33)42)44-37(51-22-39-11-7-14-47(39)15-8-12-39)45-36(27)46(4)20-30-38(3,21-43)13-16-48(30)31(50)6-2/h1,6,9-10,17-19,30,49H,2,7-8,11-16,20,22H2,3-4H3/t30-,38?/m1/s1. The molecular formula is C39H37ClF2N6O3. The molecule has 1 unspecified atom stereocenters. The average molecular weight is 711 g/mol. The highest BCUT2D eigenvalue weighted by atomic mass is 35.5. The molecule has 3 aliphatic rings. The lowest BCUT2D eigenvalue weighted by atomic mass is 9.83. The predicted octanol–water partition coefficient (Wildman–Crippen LogP) is 6.83. The molecule has 0 aliphatic carbocycles. The fourth-order valence-electron chi connectivity index (χ4n) is 8.36. The maximum atomic E-state index is 17.2. The molecule has 262 valence electrons. The van der Waals surface area contributed by atoms with Crippen molar-refractivity contribution in [3.8, 4) is 41.3 Å². The molecule has 0 radical (unpaired) electrons. The smallest absolute Gasteiger partial charge is 0.319 e. The average Bonchev–Trinajstić information content (AvgIpc) is 3.80. The minimum atomic E-state index is -0.862. The molecule has 0 bridgehead atoms. The molecule has 3 saturated heterocycles. The number of aromatic nitrogens is 2. The van der Waals surface area contributed by atoms with Crippen LogP contribution in [-0.2, 0) is 4.79 Å². The molecule has 9 nitrogen and oxygen atoms in total. The highest BCUT2D eigenvalue weighted by molar-refractivity contribution is 6.35. The van der Waals surface area contributed by atoms with Gasteiger partial charge in [0.2, 0.25) is 5.91 Å². The van der Waals surface area contributed by atoms with E-state index in [0.717, 1.165) is 38.8 Å². The Hall–Kier alpha value is -4.97. The van der Waals surface area contributed by atoms with E-state index in [9.17, 15) is 19.6 Å². The summed E-state index contributed by atoms with van der Waals surface area (Å²) in [6, 6.07) is 8.70. The summed E-state index contributed by atoms with van der Waals surface area (Å²) in [7, 11) is 1.75. The Balaban J connectivity index is 1.40. The molecule has 51 heavy (non-hydrogen) atoms. The van der Waals surface area contributed by atoms with E-state index in [1.165, 1.54) is 36.4 Å². The van der Waals surface area contributed by atoms with Gasteiger partial charge in [0.1, 0.15) is 29.5 Å². The summed E-state index contributed by atoms with van der Waals surface area (Å²) in [5.74, 6) is 0.644. The van der Waals surface area contributed by atoms with Crippen LogP contribution in [0.4, 0.5) is 14.6 Å². The molecule has 1 N–H and O–H groups in total. The summed E-state index contributed by atoms with van der Waals surface area (Å²) in [5.41, 5.74) is -1.25. The lowest BCUT2D eigenvalue weighted by Gasteiger charge is -2.34. The van der Waals surface area contributed by atoms with E-state index in [0.29, 0.717) is 25.0 Å². The topological polar surface area (TPSA) is 106 Å². The van der Waals surface area contributed by atoms with Gasteiger partial charge in [0.05, 0.1) is 33.7 Å². The number of phenols is 1. The SMILES string of the molecule is C#Cc1c(F)ccc2cc(O)cc(-c3c(Cl)cc4c(N(C)C[C@H]5N(C(=O)C=C)CCC5(C)C#N)nc(OCC56CCCN5CCC6)nc4c3F)c12. The Bertz CT molecular complexity index is 2190. The van der Waals surface area contributed by atoms with Gasteiger partial charge in [-0.3, -0.25) is 9.69 Å². The van der Waals surface area contributed by atoms with Crippen LogP contribution in [0.3, 0.4) is 0 Å². The van der Waals surface area contributed by atoms with Crippen molar-refractivity contribution in [2.45, 2.75) is 50.6 Å². The first-order valence-electron chi connectivity index (χ1n) is 17.0. The highest BCUT2D eigenvalue weighted by Gasteiger charge is 2.47. The molecular weight excluding hydrogens is 674 g/mol. The number of likely N-dealkylation sites (tertiary alicyclic amines) is 1. The summed E-state index contributed by atoms with van der Waals surface area (Å²) >= 11 is 6.89. The lowest BCUT2D eigenvalue weighted by Crippen LogP contribution is -2.47. The number of phenolic OH excluding ortho intramolecular Hbond substituents is 1. The molecule has 3 fully saturated rings. The van der Waals surface area contributed by atoms with Gasteiger partial charge >= 0.3 is 6.01 Å². The van der Waals surface area contributed by atoms with Gasteiger partial charge in [-0.15, -0.1) is 6.42 Å². The maximum Gasteiger partial charge on any atom is 0.319 e. The summed E-state index contributed by atoms with van der Waals surface area (Å²) in [4.78, 5) is 28.1. The van der Waals surface area contributed by atoms with Crippen LogP contribution in [0.15, 0.2) is 43.0 Å². The molecule has 1 amide bonds. The number of rotatable bonds is 8. The Labute approximate surface area is 300 Å². The number of hydrogen-bond acceptors (Lipinski definition) is 8. The van der Waals surface area contributed by atoms with E-state index in [4.69, 9.17) is 27.7 Å². The van der Waals surface area contributed by atoms with Crippen molar-refractivity contribution in [1.29, 1.82) is 5.26 Å². The molecule has 0 spiro atoms. The van der Waals surface area contributed by atoms with Gasteiger partial charge in [-0.25, -0.2) is 8.78 Å². The van der Waals surface area contributed by atoms with Crippen molar-refractivity contribution in [1.82, 2.24) is 19.8 Å². The number of aromatic hydroxyl groups is 1. The first-order chi connectivity index (χ1) is 24.4. The fourth-order valence-corrected chi connectivity index (χ4v) is 8.66. The summed E-state index contributed by atoms with van der Waals surface area (Å²) in [6.45, 7) is 8.32. The second-order valence-corrected chi connectivity index (χ2v) is 14.5. The quantitative estimate of drug-likeness (QED) is 0.157. The van der Waals surface area contributed by atoms with E-state index in [2.05, 4.69) is 28.5 Å². The van der Waals surface area contributed by atoms with Crippen LogP contribution in [0.5, 0.6) is 11.8 Å². The minimum absolute atomic E-state index is 0.0470. The number of nitriles is 1. The Morgan fingerprint density at radius 1 is 1.22 bits per heavy atom. The number of fused-ring (bicyclic) bond motifs is 3. The first kappa shape index (κ1) is 34.5. The molecule has 12 heteroatoms. The van der Waals surface area contributed by atoms with Gasteiger partial charge in [0.15, 0.2) is 5.82 Å². The number of ether oxygens (including phenoxy) is 1. The van der Waals surface area contributed by atoms with Crippen LogP contribution in [0.2, 0.25) is 5.02 Å². The van der Waals surface area contributed by atoms with Crippen molar-refractivity contribution in [2.75, 3.05) is 44.7 Å². The van der Waals surface area contributed by atoms with Crippen LogP contribution in [0.25, 0.3) is 32.8 Å². The lowest BCUT2D eigenvalue weighted by molar-refractivity contribution is -0.127. The number of carbonyl (C=O) groups is 1. The molecule has 2 atom stereocenters. The number of anilines is 1. The van der Waals surface area contributed by atoms with Crippen LogP contribution in [0, 0.1) is 40.7 Å². The number of benzene rings is 3. The Morgan fingerprint density at radius 2 is 1.96 bits per heavy atom. The molecule has 3 aliphatic heterocycles. The van der Waals surface area contributed by atoms with Crippen molar-refractivity contribution >= 4 is 45.0 Å². The van der Waals surface area contributed by atoms with E-state index in [1.807, 2.05) is 6.92 Å². The summed E-state index contributed by atoms with van der Waals surface area (Å²) in [6.07, 6.45) is 11.5. The molecule has 4 aromatic rings. The Morgan fingerprint density at radius 3 is 2.65 bits per heavy atom. The highest BCUT2D eigenvalue weighted by Crippen LogP contribution is 2.45. The number of amides is 1.